The molecule has 0 unspecified atom stereocenters. The van der Waals surface area contributed by atoms with Gasteiger partial charge in [0.05, 0.1) is 0 Å². The van der Waals surface area contributed by atoms with E-state index in [4.69, 9.17) is 4.42 Å². The summed E-state index contributed by atoms with van der Waals surface area (Å²) in [4.78, 5) is 2.38. The van der Waals surface area contributed by atoms with Gasteiger partial charge >= 0.3 is 0 Å². The average Bonchev–Trinajstić information content (AvgIpc) is 3.82. The fourth-order valence-electron chi connectivity index (χ4n) is 10.7. The third kappa shape index (κ3) is 5.44. The Bertz CT molecular complexity index is 3820. The van der Waals surface area contributed by atoms with Crippen molar-refractivity contribution in [2.24, 2.45) is 0 Å². The van der Waals surface area contributed by atoms with Crippen LogP contribution in [0.25, 0.3) is 98.4 Å². The summed E-state index contributed by atoms with van der Waals surface area (Å²) in [5, 5.41) is 12.6. The van der Waals surface area contributed by atoms with Crippen molar-refractivity contribution in [3.8, 4) is 33.4 Å². The highest BCUT2D eigenvalue weighted by atomic mass is 16.3. The first-order valence-electron chi connectivity index (χ1n) is 21.9. The maximum absolute atomic E-state index is 6.26. The molecule has 12 aromatic rings. The van der Waals surface area contributed by atoms with Crippen LogP contribution in [0.1, 0.15) is 25.0 Å². The lowest BCUT2D eigenvalue weighted by atomic mass is 9.82. The fourth-order valence-corrected chi connectivity index (χ4v) is 10.7. The lowest BCUT2D eigenvalue weighted by molar-refractivity contribution is 0.660. The van der Waals surface area contributed by atoms with Gasteiger partial charge in [0.2, 0.25) is 0 Å². The van der Waals surface area contributed by atoms with Crippen molar-refractivity contribution in [1.29, 1.82) is 0 Å². The van der Waals surface area contributed by atoms with Crippen molar-refractivity contribution < 1.29 is 4.42 Å². The van der Waals surface area contributed by atoms with Crippen LogP contribution in [0, 0.1) is 0 Å². The van der Waals surface area contributed by atoms with Crippen molar-refractivity contribution in [2.75, 3.05) is 4.90 Å². The molecule has 13 rings (SSSR count). The minimum atomic E-state index is -0.146. The molecule has 0 amide bonds. The molecule has 0 saturated heterocycles. The lowest BCUT2D eigenvalue weighted by Crippen LogP contribution is -2.15. The summed E-state index contributed by atoms with van der Waals surface area (Å²) >= 11 is 0. The fraction of sp³-hybridized carbons (Fsp3) is 0.0492. The molecule has 0 saturated carbocycles. The summed E-state index contributed by atoms with van der Waals surface area (Å²) < 4.78 is 6.26. The monoisotopic (exact) mass is 803 g/mol. The molecule has 63 heavy (non-hydrogen) atoms. The van der Waals surface area contributed by atoms with Gasteiger partial charge in [-0.05, 0) is 154 Å². The third-order valence-corrected chi connectivity index (χ3v) is 13.8. The minimum Gasteiger partial charge on any atom is -0.456 e. The van der Waals surface area contributed by atoms with E-state index in [1.54, 1.807) is 0 Å². The molecule has 2 heteroatoms. The van der Waals surface area contributed by atoms with Crippen LogP contribution in [0.2, 0.25) is 0 Å². The highest BCUT2D eigenvalue weighted by Gasteiger charge is 2.36. The molecule has 1 aliphatic carbocycles. The van der Waals surface area contributed by atoms with Gasteiger partial charge in [0.1, 0.15) is 11.2 Å². The maximum Gasteiger partial charge on any atom is 0.136 e. The zero-order valence-electron chi connectivity index (χ0n) is 35.1. The van der Waals surface area contributed by atoms with Gasteiger partial charge < -0.3 is 9.32 Å². The van der Waals surface area contributed by atoms with E-state index in [1.807, 2.05) is 12.1 Å². The topological polar surface area (TPSA) is 16.4 Å². The van der Waals surface area contributed by atoms with Crippen LogP contribution in [-0.2, 0) is 5.41 Å². The van der Waals surface area contributed by atoms with Crippen LogP contribution >= 0.6 is 0 Å². The molecule has 0 bridgehead atoms. The Morgan fingerprint density at radius 3 is 1.73 bits per heavy atom. The second kappa shape index (κ2) is 13.5. The first-order chi connectivity index (χ1) is 31.0. The predicted octanol–water partition coefficient (Wildman–Crippen LogP) is 17.3. The van der Waals surface area contributed by atoms with Crippen LogP contribution in [0.15, 0.2) is 217 Å². The Balaban J connectivity index is 0.933. The second-order valence-electron chi connectivity index (χ2n) is 17.7. The predicted molar refractivity (Wildman–Crippen MR) is 267 cm³/mol. The van der Waals surface area contributed by atoms with Gasteiger partial charge in [-0.15, -0.1) is 0 Å². The van der Waals surface area contributed by atoms with Crippen molar-refractivity contribution in [1.82, 2.24) is 0 Å². The van der Waals surface area contributed by atoms with Crippen LogP contribution in [0.3, 0.4) is 0 Å². The summed E-state index contributed by atoms with van der Waals surface area (Å²) in [6, 6.07) is 78.0. The highest BCUT2D eigenvalue weighted by molar-refractivity contribution is 6.29. The zero-order valence-corrected chi connectivity index (χ0v) is 35.1. The number of fused-ring (bicyclic) bond motifs is 13. The number of anilines is 3. The summed E-state index contributed by atoms with van der Waals surface area (Å²) in [6.45, 7) is 4.74. The Labute approximate surface area is 365 Å². The smallest absolute Gasteiger partial charge is 0.136 e. The number of para-hydroxylation sites is 2. The third-order valence-electron chi connectivity index (χ3n) is 13.8. The standard InChI is InChI=1S/C61H41NO/c1-61(2)55-32-27-42(52-35-43-23-22-40-21-20-39-12-6-7-15-47(39)59(40)60(43)51-18-9-8-16-48(51)52)34-53(55)54-37-46(30-33-56(54)61)62(44-13-4-3-5-14-44)45-28-24-38(25-29-45)41-26-31-50-49-17-10-11-19-57(49)63-58(50)36-41/h3-37H,1-2H3. The summed E-state index contributed by atoms with van der Waals surface area (Å²) in [5.41, 5.74) is 15.1. The highest BCUT2D eigenvalue weighted by Crippen LogP contribution is 2.52. The molecule has 0 aliphatic heterocycles. The van der Waals surface area contributed by atoms with Crippen molar-refractivity contribution in [3.05, 3.63) is 223 Å². The summed E-state index contributed by atoms with van der Waals surface area (Å²) in [5.74, 6) is 0. The van der Waals surface area contributed by atoms with Gasteiger partial charge in [-0.2, -0.15) is 0 Å². The molecule has 11 aromatic carbocycles. The van der Waals surface area contributed by atoms with Gasteiger partial charge in [-0.3, -0.25) is 0 Å². The number of nitrogens with zero attached hydrogens (tertiary/aromatic N) is 1. The normalized spacial score (nSPS) is 13.0. The second-order valence-corrected chi connectivity index (χ2v) is 17.7. The van der Waals surface area contributed by atoms with E-state index in [0.29, 0.717) is 0 Å². The van der Waals surface area contributed by atoms with E-state index in [2.05, 4.69) is 219 Å². The molecule has 1 heterocycles. The molecular weight excluding hydrogens is 763 g/mol. The maximum atomic E-state index is 6.26. The molecule has 0 spiro atoms. The first kappa shape index (κ1) is 35.8. The largest absolute Gasteiger partial charge is 0.456 e. The Kier molecular flexibility index (Phi) is 7.68. The number of rotatable bonds is 5. The molecular formula is C61H41NO. The van der Waals surface area contributed by atoms with Gasteiger partial charge in [0, 0.05) is 33.2 Å². The van der Waals surface area contributed by atoms with Crippen LogP contribution in [-0.4, -0.2) is 0 Å². The summed E-state index contributed by atoms with van der Waals surface area (Å²) in [7, 11) is 0. The first-order valence-corrected chi connectivity index (χ1v) is 21.9. The average molecular weight is 804 g/mol. The SMILES string of the molecule is CC1(C)c2ccc(-c3cc4ccc5ccc6ccccc6c5c4c4ccccc34)cc2-c2cc(N(c3ccccc3)c3ccc(-c4ccc5c(c4)oc4ccccc45)cc3)ccc21. The van der Waals surface area contributed by atoms with E-state index in [1.165, 1.54) is 76.5 Å². The van der Waals surface area contributed by atoms with Crippen LogP contribution in [0.4, 0.5) is 17.1 Å². The van der Waals surface area contributed by atoms with E-state index in [0.717, 1.165) is 50.1 Å². The molecule has 0 fully saturated rings. The molecule has 0 radical (unpaired) electrons. The van der Waals surface area contributed by atoms with Crippen molar-refractivity contribution >= 4 is 82.1 Å². The number of hydrogen-bond donors (Lipinski definition) is 0. The number of benzene rings is 11. The van der Waals surface area contributed by atoms with Crippen molar-refractivity contribution in [3.63, 3.8) is 0 Å². The zero-order chi connectivity index (χ0) is 41.8. The van der Waals surface area contributed by atoms with Crippen LogP contribution in [0.5, 0.6) is 0 Å². The molecule has 1 aromatic heterocycles. The van der Waals surface area contributed by atoms with Gasteiger partial charge in [-0.1, -0.05) is 159 Å². The van der Waals surface area contributed by atoms with Gasteiger partial charge in [0.25, 0.3) is 0 Å². The molecule has 0 N–H and O–H groups in total. The quantitative estimate of drug-likeness (QED) is 0.161. The van der Waals surface area contributed by atoms with E-state index in [-0.39, 0.29) is 5.41 Å². The van der Waals surface area contributed by atoms with Crippen LogP contribution < -0.4 is 4.90 Å². The van der Waals surface area contributed by atoms with Crippen molar-refractivity contribution in [2.45, 2.75) is 19.3 Å². The molecule has 2 nitrogen and oxygen atoms in total. The molecule has 296 valence electrons. The number of furan rings is 1. The van der Waals surface area contributed by atoms with E-state index < -0.39 is 0 Å². The Hall–Kier alpha value is -7.94. The number of hydrogen-bond acceptors (Lipinski definition) is 2. The van der Waals surface area contributed by atoms with E-state index >= 15 is 0 Å². The molecule has 0 atom stereocenters. The van der Waals surface area contributed by atoms with Gasteiger partial charge in [-0.25, -0.2) is 0 Å². The Morgan fingerprint density at radius 1 is 0.333 bits per heavy atom. The minimum absolute atomic E-state index is 0.146. The van der Waals surface area contributed by atoms with Gasteiger partial charge in [0.15, 0.2) is 0 Å². The summed E-state index contributed by atoms with van der Waals surface area (Å²) in [6.07, 6.45) is 0. The Morgan fingerprint density at radius 2 is 0.905 bits per heavy atom. The molecule has 1 aliphatic rings. The van der Waals surface area contributed by atoms with E-state index in [9.17, 15) is 0 Å². The lowest BCUT2D eigenvalue weighted by Gasteiger charge is -2.27.